The van der Waals surface area contributed by atoms with Gasteiger partial charge in [0.2, 0.25) is 0 Å². The van der Waals surface area contributed by atoms with Crippen molar-refractivity contribution >= 4 is 16.9 Å². The van der Waals surface area contributed by atoms with Gasteiger partial charge < -0.3 is 9.84 Å². The van der Waals surface area contributed by atoms with Gasteiger partial charge in [-0.2, -0.15) is 5.10 Å². The fourth-order valence-electron chi connectivity index (χ4n) is 2.32. The lowest BCUT2D eigenvalue weighted by Gasteiger charge is -2.09. The van der Waals surface area contributed by atoms with Gasteiger partial charge in [0.25, 0.3) is 0 Å². The van der Waals surface area contributed by atoms with Crippen molar-refractivity contribution in [3.63, 3.8) is 0 Å². The lowest BCUT2D eigenvalue weighted by atomic mass is 10.1. The number of carboxylic acid groups (broad SMARTS) is 1. The van der Waals surface area contributed by atoms with Crippen LogP contribution in [0.25, 0.3) is 10.9 Å². The fourth-order valence-corrected chi connectivity index (χ4v) is 2.32. The van der Waals surface area contributed by atoms with Crippen LogP contribution in [0, 0.1) is 0 Å². The minimum atomic E-state index is -4.72. The van der Waals surface area contributed by atoms with Crippen LogP contribution in [-0.2, 0) is 6.54 Å². The van der Waals surface area contributed by atoms with E-state index in [1.807, 2.05) is 0 Å². The summed E-state index contributed by atoms with van der Waals surface area (Å²) in [6.45, 7) is 0.336. The van der Waals surface area contributed by atoms with Gasteiger partial charge in [0.05, 0.1) is 23.8 Å². The monoisotopic (exact) mass is 336 g/mol. The molecule has 124 valence electrons. The molecule has 0 atom stereocenters. The topological polar surface area (TPSA) is 64.3 Å². The maximum atomic E-state index is 12.1. The van der Waals surface area contributed by atoms with Crippen LogP contribution in [0.5, 0.6) is 5.75 Å². The molecule has 3 aromatic rings. The van der Waals surface area contributed by atoms with Gasteiger partial charge in [0.1, 0.15) is 5.75 Å². The number of fused-ring (bicyclic) bond motifs is 1. The Hall–Kier alpha value is -3.03. The Labute approximate surface area is 133 Å². The quantitative estimate of drug-likeness (QED) is 0.789. The number of aromatic carboxylic acids is 1. The fraction of sp³-hybridized carbons (Fsp3) is 0.125. The van der Waals surface area contributed by atoms with Gasteiger partial charge in [-0.05, 0) is 35.9 Å². The summed E-state index contributed by atoms with van der Waals surface area (Å²) >= 11 is 0. The zero-order valence-corrected chi connectivity index (χ0v) is 12.1. The van der Waals surface area contributed by atoms with Crippen molar-refractivity contribution in [2.24, 2.45) is 0 Å². The van der Waals surface area contributed by atoms with Crippen molar-refractivity contribution in [1.29, 1.82) is 0 Å². The Morgan fingerprint density at radius 3 is 2.50 bits per heavy atom. The molecule has 0 fully saturated rings. The SMILES string of the molecule is O=C(O)c1ccc2c(cnn2Cc2ccc(OC(F)(F)F)cc2)c1. The van der Waals surface area contributed by atoms with Gasteiger partial charge in [-0.25, -0.2) is 4.79 Å². The molecular weight excluding hydrogens is 325 g/mol. The second-order valence-electron chi connectivity index (χ2n) is 5.07. The number of aromatic nitrogens is 2. The van der Waals surface area contributed by atoms with E-state index in [0.29, 0.717) is 11.9 Å². The second-order valence-corrected chi connectivity index (χ2v) is 5.07. The molecule has 5 nitrogen and oxygen atoms in total. The molecule has 0 spiro atoms. The molecule has 0 aliphatic rings. The van der Waals surface area contributed by atoms with E-state index in [2.05, 4.69) is 9.84 Å². The first kappa shape index (κ1) is 15.9. The number of nitrogens with zero attached hydrogens (tertiary/aromatic N) is 2. The number of carboxylic acids is 1. The molecular formula is C16H11F3N2O3. The normalized spacial score (nSPS) is 11.6. The second kappa shape index (κ2) is 5.88. The van der Waals surface area contributed by atoms with Crippen LogP contribution in [-0.4, -0.2) is 27.2 Å². The average molecular weight is 336 g/mol. The Morgan fingerprint density at radius 1 is 1.17 bits per heavy atom. The number of alkyl halides is 3. The minimum absolute atomic E-state index is 0.163. The smallest absolute Gasteiger partial charge is 0.478 e. The number of ether oxygens (including phenoxy) is 1. The summed E-state index contributed by atoms with van der Waals surface area (Å²) in [4.78, 5) is 11.0. The van der Waals surface area contributed by atoms with Crippen molar-refractivity contribution in [2.45, 2.75) is 12.9 Å². The van der Waals surface area contributed by atoms with Crippen molar-refractivity contribution in [1.82, 2.24) is 9.78 Å². The first-order valence-electron chi connectivity index (χ1n) is 6.85. The minimum Gasteiger partial charge on any atom is -0.478 e. The maximum Gasteiger partial charge on any atom is 0.573 e. The standard InChI is InChI=1S/C16H11F3N2O3/c17-16(18,19)24-13-4-1-10(2-5-13)9-21-14-6-3-11(15(22)23)7-12(14)8-20-21/h1-8H,9H2,(H,22,23). The molecule has 0 saturated carbocycles. The molecule has 8 heteroatoms. The summed E-state index contributed by atoms with van der Waals surface area (Å²) in [7, 11) is 0. The number of hydrogen-bond donors (Lipinski definition) is 1. The van der Waals surface area contributed by atoms with E-state index in [-0.39, 0.29) is 11.3 Å². The summed E-state index contributed by atoms with van der Waals surface area (Å²) in [6.07, 6.45) is -3.18. The van der Waals surface area contributed by atoms with Crippen molar-refractivity contribution < 1.29 is 27.8 Å². The first-order chi connectivity index (χ1) is 11.3. The highest BCUT2D eigenvalue weighted by atomic mass is 19.4. The van der Waals surface area contributed by atoms with E-state index in [9.17, 15) is 18.0 Å². The zero-order chi connectivity index (χ0) is 17.3. The lowest BCUT2D eigenvalue weighted by Crippen LogP contribution is -2.17. The molecule has 3 rings (SSSR count). The molecule has 2 aromatic carbocycles. The molecule has 1 aromatic heterocycles. The molecule has 1 heterocycles. The van der Waals surface area contributed by atoms with Crippen molar-refractivity contribution in [3.05, 3.63) is 59.8 Å². The number of carbonyl (C=O) groups is 1. The van der Waals surface area contributed by atoms with Gasteiger partial charge in [-0.3, -0.25) is 4.68 Å². The zero-order valence-electron chi connectivity index (χ0n) is 12.1. The van der Waals surface area contributed by atoms with Crippen LogP contribution in [0.15, 0.2) is 48.7 Å². The maximum absolute atomic E-state index is 12.1. The summed E-state index contributed by atoms with van der Waals surface area (Å²) in [5, 5.41) is 13.8. The highest BCUT2D eigenvalue weighted by Crippen LogP contribution is 2.23. The van der Waals surface area contributed by atoms with Gasteiger partial charge in [0.15, 0.2) is 0 Å². The number of rotatable bonds is 4. The highest BCUT2D eigenvalue weighted by Gasteiger charge is 2.30. The number of hydrogen-bond acceptors (Lipinski definition) is 3. The van der Waals surface area contributed by atoms with E-state index in [1.54, 1.807) is 16.9 Å². The number of benzene rings is 2. The van der Waals surface area contributed by atoms with Gasteiger partial charge in [0, 0.05) is 5.39 Å². The van der Waals surface area contributed by atoms with E-state index < -0.39 is 12.3 Å². The molecule has 0 unspecified atom stereocenters. The third-order valence-electron chi connectivity index (χ3n) is 3.38. The van der Waals surface area contributed by atoms with Crippen LogP contribution < -0.4 is 4.74 Å². The van der Waals surface area contributed by atoms with Gasteiger partial charge in [-0.15, -0.1) is 13.2 Å². The van der Waals surface area contributed by atoms with Gasteiger partial charge in [-0.1, -0.05) is 12.1 Å². The predicted molar refractivity (Wildman–Crippen MR) is 78.9 cm³/mol. The summed E-state index contributed by atoms with van der Waals surface area (Å²) in [5.74, 6) is -1.31. The van der Waals surface area contributed by atoms with Crippen LogP contribution in [0.3, 0.4) is 0 Å². The third kappa shape index (κ3) is 3.48. The predicted octanol–water partition coefficient (Wildman–Crippen LogP) is 3.68. The van der Waals surface area contributed by atoms with Crippen LogP contribution in [0.4, 0.5) is 13.2 Å². The molecule has 0 radical (unpaired) electrons. The lowest BCUT2D eigenvalue weighted by molar-refractivity contribution is -0.274. The van der Waals surface area contributed by atoms with E-state index in [4.69, 9.17) is 5.11 Å². The number of halogens is 3. The Bertz CT molecular complexity index is 886. The highest BCUT2D eigenvalue weighted by molar-refractivity contribution is 5.93. The van der Waals surface area contributed by atoms with Crippen LogP contribution in [0.1, 0.15) is 15.9 Å². The largest absolute Gasteiger partial charge is 0.573 e. The van der Waals surface area contributed by atoms with E-state index in [0.717, 1.165) is 11.1 Å². The van der Waals surface area contributed by atoms with E-state index in [1.165, 1.54) is 36.4 Å². The third-order valence-corrected chi connectivity index (χ3v) is 3.38. The molecule has 1 N–H and O–H groups in total. The Balaban J connectivity index is 1.81. The average Bonchev–Trinajstić information content (AvgIpc) is 2.90. The molecule has 24 heavy (non-hydrogen) atoms. The van der Waals surface area contributed by atoms with Crippen LogP contribution in [0.2, 0.25) is 0 Å². The summed E-state index contributed by atoms with van der Waals surface area (Å²) in [5.41, 5.74) is 1.63. The molecule has 0 bridgehead atoms. The Morgan fingerprint density at radius 2 is 1.88 bits per heavy atom. The summed E-state index contributed by atoms with van der Waals surface area (Å²) < 4.78 is 41.9. The molecule has 0 aliphatic carbocycles. The van der Waals surface area contributed by atoms with E-state index >= 15 is 0 Å². The van der Waals surface area contributed by atoms with Gasteiger partial charge >= 0.3 is 12.3 Å². The summed E-state index contributed by atoms with van der Waals surface area (Å²) in [6, 6.07) is 10.1. The molecule has 0 saturated heterocycles. The van der Waals surface area contributed by atoms with Crippen molar-refractivity contribution in [2.75, 3.05) is 0 Å². The molecule has 0 aliphatic heterocycles. The van der Waals surface area contributed by atoms with Crippen molar-refractivity contribution in [3.8, 4) is 5.75 Å². The van der Waals surface area contributed by atoms with Crippen LogP contribution >= 0.6 is 0 Å². The Kier molecular flexibility index (Phi) is 3.88. The molecule has 0 amide bonds. The first-order valence-corrected chi connectivity index (χ1v) is 6.85.